The molecule has 0 bridgehead atoms. The van der Waals surface area contributed by atoms with Gasteiger partial charge in [0.25, 0.3) is 0 Å². The van der Waals surface area contributed by atoms with Crippen LogP contribution in [0.5, 0.6) is 0 Å². The highest BCUT2D eigenvalue weighted by Crippen LogP contribution is 2.07. The topological polar surface area (TPSA) is 67.1 Å². The number of hydrogen-bond acceptors (Lipinski definition) is 4. The minimum absolute atomic E-state index is 0.599. The van der Waals surface area contributed by atoms with Gasteiger partial charge in [0.15, 0.2) is 11.8 Å². The average Bonchev–Trinajstić information content (AvgIpc) is 3.03. The molecular formula is C12H18N6S. The number of guanidine groups is 1. The van der Waals surface area contributed by atoms with E-state index in [2.05, 4.69) is 37.3 Å². The normalized spacial score (nSPS) is 11.6. The van der Waals surface area contributed by atoms with Gasteiger partial charge in [0, 0.05) is 19.0 Å². The van der Waals surface area contributed by atoms with Crippen LogP contribution in [0.2, 0.25) is 0 Å². The summed E-state index contributed by atoms with van der Waals surface area (Å²) in [6, 6.07) is 4.14. The minimum atomic E-state index is 0.599. The van der Waals surface area contributed by atoms with Crippen molar-refractivity contribution in [2.75, 3.05) is 7.05 Å². The van der Waals surface area contributed by atoms with Crippen molar-refractivity contribution >= 4 is 17.3 Å². The molecule has 0 aliphatic rings. The number of rotatable bonds is 4. The number of aliphatic imine (C=N–C) groups is 1. The second-order valence-electron chi connectivity index (χ2n) is 4.08. The maximum Gasteiger partial charge on any atom is 0.191 e. The van der Waals surface area contributed by atoms with Gasteiger partial charge in [-0.1, -0.05) is 6.07 Å². The third-order valence-corrected chi connectivity index (χ3v) is 3.71. The SMILES string of the molecule is CN=C(NCc1cccs1)NCc1nnc(C)n1C. The van der Waals surface area contributed by atoms with Crippen LogP contribution in [0.3, 0.4) is 0 Å². The molecule has 0 aliphatic carbocycles. The van der Waals surface area contributed by atoms with Crippen LogP contribution in [0.4, 0.5) is 0 Å². The Bertz CT molecular complexity index is 543. The Morgan fingerprint density at radius 3 is 2.74 bits per heavy atom. The van der Waals surface area contributed by atoms with E-state index in [-0.39, 0.29) is 0 Å². The fourth-order valence-corrected chi connectivity index (χ4v) is 2.22. The summed E-state index contributed by atoms with van der Waals surface area (Å²) in [5, 5.41) is 16.7. The van der Waals surface area contributed by atoms with Crippen LogP contribution in [0.15, 0.2) is 22.5 Å². The summed E-state index contributed by atoms with van der Waals surface area (Å²) in [7, 11) is 3.71. The van der Waals surface area contributed by atoms with E-state index in [1.54, 1.807) is 18.4 Å². The molecular weight excluding hydrogens is 260 g/mol. The van der Waals surface area contributed by atoms with Gasteiger partial charge in [-0.25, -0.2) is 0 Å². The van der Waals surface area contributed by atoms with Crippen molar-refractivity contribution in [2.45, 2.75) is 20.0 Å². The van der Waals surface area contributed by atoms with E-state index < -0.39 is 0 Å². The average molecular weight is 278 g/mol. The van der Waals surface area contributed by atoms with Crippen LogP contribution in [0.1, 0.15) is 16.5 Å². The second-order valence-corrected chi connectivity index (χ2v) is 5.11. The molecule has 2 heterocycles. The maximum absolute atomic E-state index is 4.18. The molecule has 6 nitrogen and oxygen atoms in total. The van der Waals surface area contributed by atoms with Gasteiger partial charge in [-0.15, -0.1) is 21.5 Å². The lowest BCUT2D eigenvalue weighted by atomic mass is 10.4. The van der Waals surface area contributed by atoms with E-state index in [4.69, 9.17) is 0 Å². The van der Waals surface area contributed by atoms with E-state index >= 15 is 0 Å². The molecule has 7 heteroatoms. The van der Waals surface area contributed by atoms with Gasteiger partial charge in [-0.05, 0) is 18.4 Å². The summed E-state index contributed by atoms with van der Waals surface area (Å²) in [6.45, 7) is 3.30. The maximum atomic E-state index is 4.18. The van der Waals surface area contributed by atoms with Crippen LogP contribution < -0.4 is 10.6 Å². The molecule has 0 spiro atoms. The molecule has 0 radical (unpaired) electrons. The number of aryl methyl sites for hydroxylation is 1. The predicted octanol–water partition coefficient (Wildman–Crippen LogP) is 1.05. The van der Waals surface area contributed by atoms with Crippen LogP contribution in [0.25, 0.3) is 0 Å². The van der Waals surface area contributed by atoms with Gasteiger partial charge in [0.05, 0.1) is 13.1 Å². The zero-order valence-corrected chi connectivity index (χ0v) is 12.2. The van der Waals surface area contributed by atoms with E-state index in [9.17, 15) is 0 Å². The molecule has 0 atom stereocenters. The predicted molar refractivity (Wildman–Crippen MR) is 77.1 cm³/mol. The summed E-state index contributed by atoms with van der Waals surface area (Å²) in [5.74, 6) is 2.55. The van der Waals surface area contributed by atoms with E-state index in [1.165, 1.54) is 4.88 Å². The molecule has 0 saturated heterocycles. The lowest BCUT2D eigenvalue weighted by Crippen LogP contribution is -2.36. The first-order valence-corrected chi connectivity index (χ1v) is 6.90. The summed E-state index contributed by atoms with van der Waals surface area (Å²) < 4.78 is 1.96. The lowest BCUT2D eigenvalue weighted by molar-refractivity contribution is 0.718. The van der Waals surface area contributed by atoms with Gasteiger partial charge >= 0.3 is 0 Å². The van der Waals surface area contributed by atoms with Crippen LogP contribution in [-0.2, 0) is 20.1 Å². The molecule has 102 valence electrons. The molecule has 0 fully saturated rings. The molecule has 2 aromatic heterocycles. The number of nitrogens with zero attached hydrogens (tertiary/aromatic N) is 4. The smallest absolute Gasteiger partial charge is 0.191 e. The van der Waals surface area contributed by atoms with Gasteiger partial charge in [0.1, 0.15) is 5.82 Å². The molecule has 0 aromatic carbocycles. The fraction of sp³-hybridized carbons (Fsp3) is 0.417. The molecule has 0 unspecified atom stereocenters. The van der Waals surface area contributed by atoms with Gasteiger partial charge in [-0.2, -0.15) is 0 Å². The Hall–Kier alpha value is -1.89. The van der Waals surface area contributed by atoms with E-state index in [0.29, 0.717) is 6.54 Å². The number of nitrogens with one attached hydrogen (secondary N) is 2. The Labute approximate surface area is 116 Å². The molecule has 2 rings (SSSR count). The first-order valence-electron chi connectivity index (χ1n) is 6.02. The summed E-state index contributed by atoms with van der Waals surface area (Å²) >= 11 is 1.72. The Kier molecular flexibility index (Phi) is 4.51. The standard InChI is InChI=1S/C12H18N6S/c1-9-16-17-11(18(9)3)8-15-12(13-2)14-7-10-5-4-6-19-10/h4-6H,7-8H2,1-3H3,(H2,13,14,15). The van der Waals surface area contributed by atoms with E-state index in [0.717, 1.165) is 24.2 Å². The zero-order chi connectivity index (χ0) is 13.7. The monoisotopic (exact) mass is 278 g/mol. The van der Waals surface area contributed by atoms with Crippen molar-refractivity contribution in [1.82, 2.24) is 25.4 Å². The quantitative estimate of drug-likeness (QED) is 0.648. The lowest BCUT2D eigenvalue weighted by Gasteiger charge is -2.10. The molecule has 0 aliphatic heterocycles. The fourth-order valence-electron chi connectivity index (χ4n) is 1.57. The largest absolute Gasteiger partial charge is 0.352 e. The Balaban J connectivity index is 1.84. The summed E-state index contributed by atoms with van der Waals surface area (Å²) in [4.78, 5) is 5.46. The Morgan fingerprint density at radius 1 is 1.37 bits per heavy atom. The second kappa shape index (κ2) is 6.33. The first-order chi connectivity index (χ1) is 9.20. The number of hydrogen-bond donors (Lipinski definition) is 2. The van der Waals surface area contributed by atoms with Crippen molar-refractivity contribution in [3.8, 4) is 0 Å². The van der Waals surface area contributed by atoms with Crippen LogP contribution in [-0.4, -0.2) is 27.8 Å². The van der Waals surface area contributed by atoms with Crippen molar-refractivity contribution in [2.24, 2.45) is 12.0 Å². The van der Waals surface area contributed by atoms with E-state index in [1.807, 2.05) is 24.6 Å². The van der Waals surface area contributed by atoms with Crippen molar-refractivity contribution in [1.29, 1.82) is 0 Å². The van der Waals surface area contributed by atoms with Crippen LogP contribution >= 0.6 is 11.3 Å². The van der Waals surface area contributed by atoms with Gasteiger partial charge in [0.2, 0.25) is 0 Å². The summed E-state index contributed by atoms with van der Waals surface area (Å²) in [5.41, 5.74) is 0. The molecule has 19 heavy (non-hydrogen) atoms. The molecule has 2 N–H and O–H groups in total. The molecule has 2 aromatic rings. The van der Waals surface area contributed by atoms with Crippen molar-refractivity contribution < 1.29 is 0 Å². The highest BCUT2D eigenvalue weighted by molar-refractivity contribution is 7.09. The summed E-state index contributed by atoms with van der Waals surface area (Å²) in [6.07, 6.45) is 0. The number of thiophene rings is 1. The third kappa shape index (κ3) is 3.54. The zero-order valence-electron chi connectivity index (χ0n) is 11.3. The highest BCUT2D eigenvalue weighted by atomic mass is 32.1. The Morgan fingerprint density at radius 2 is 2.16 bits per heavy atom. The van der Waals surface area contributed by atoms with Crippen molar-refractivity contribution in [3.05, 3.63) is 34.0 Å². The number of aromatic nitrogens is 3. The third-order valence-electron chi connectivity index (χ3n) is 2.83. The molecule has 0 amide bonds. The minimum Gasteiger partial charge on any atom is -0.352 e. The molecule has 0 saturated carbocycles. The van der Waals surface area contributed by atoms with Crippen LogP contribution in [0, 0.1) is 6.92 Å². The van der Waals surface area contributed by atoms with Gasteiger partial charge < -0.3 is 15.2 Å². The van der Waals surface area contributed by atoms with Crippen molar-refractivity contribution in [3.63, 3.8) is 0 Å². The highest BCUT2D eigenvalue weighted by Gasteiger charge is 2.05. The first kappa shape index (κ1) is 13.5. The van der Waals surface area contributed by atoms with Gasteiger partial charge in [-0.3, -0.25) is 4.99 Å².